The molecule has 0 saturated carbocycles. The fraction of sp³-hybridized carbons (Fsp3) is 0.100. The summed E-state index contributed by atoms with van der Waals surface area (Å²) in [4.78, 5) is 37.7. The third kappa shape index (κ3) is 10.8. The zero-order chi connectivity index (χ0) is 59.9. The van der Waals surface area contributed by atoms with Crippen molar-refractivity contribution in [2.24, 2.45) is 0 Å². The molecular formula is C80H64N8. The number of aromatic nitrogens is 6. The van der Waals surface area contributed by atoms with E-state index in [9.17, 15) is 0 Å². The molecule has 0 saturated heterocycles. The SMILES string of the molecule is CC(C)(C)c1cc(-c2cc(-c3nc(-c4ccccc4)cc(-c4ccccc4)n3)cc(-c3cc(-c4ccccc4)nc(-c4ccccc4)n3)c2N2c3ccccc3N(c3cc(-c4ccccc4)nc(-c4ccccc4)n3)c3ccccc32)cc(C(C)(C)C)c1. The van der Waals surface area contributed by atoms with Crippen LogP contribution in [-0.4, -0.2) is 29.9 Å². The number of hydrogen-bond donors (Lipinski definition) is 0. The molecule has 0 amide bonds. The molecule has 0 atom stereocenters. The smallest absolute Gasteiger partial charge is 0.162 e. The highest BCUT2D eigenvalue weighted by Gasteiger charge is 2.36. The minimum atomic E-state index is -0.213. The number of benzene rings is 10. The van der Waals surface area contributed by atoms with Crippen molar-refractivity contribution in [2.45, 2.75) is 52.4 Å². The quantitative estimate of drug-likeness (QED) is 0.127. The Morgan fingerprint density at radius 3 is 0.943 bits per heavy atom. The van der Waals surface area contributed by atoms with Gasteiger partial charge in [0.1, 0.15) is 5.82 Å². The van der Waals surface area contributed by atoms with Gasteiger partial charge in [-0.25, -0.2) is 29.9 Å². The Morgan fingerprint density at radius 1 is 0.239 bits per heavy atom. The molecule has 0 bridgehead atoms. The summed E-state index contributed by atoms with van der Waals surface area (Å²) in [6, 6.07) is 97.7. The molecule has 4 heterocycles. The predicted octanol–water partition coefficient (Wildman–Crippen LogP) is 20.9. The molecule has 10 aromatic carbocycles. The van der Waals surface area contributed by atoms with E-state index in [1.165, 1.54) is 11.1 Å². The number of nitrogens with zero attached hydrogens (tertiary/aromatic N) is 8. The zero-order valence-electron chi connectivity index (χ0n) is 50.1. The third-order valence-corrected chi connectivity index (χ3v) is 16.3. The first-order valence-corrected chi connectivity index (χ1v) is 30.0. The van der Waals surface area contributed by atoms with Crippen LogP contribution in [0.3, 0.4) is 0 Å². The first-order chi connectivity index (χ1) is 42.9. The summed E-state index contributed by atoms with van der Waals surface area (Å²) in [6.07, 6.45) is 0. The monoisotopic (exact) mass is 1140 g/mol. The van der Waals surface area contributed by atoms with E-state index in [4.69, 9.17) is 29.9 Å². The first kappa shape index (κ1) is 54.9. The molecule has 8 nitrogen and oxygen atoms in total. The van der Waals surface area contributed by atoms with E-state index in [1.807, 2.05) is 60.7 Å². The lowest BCUT2D eigenvalue weighted by molar-refractivity contribution is 0.569. The van der Waals surface area contributed by atoms with Gasteiger partial charge in [-0.15, -0.1) is 0 Å². The molecule has 88 heavy (non-hydrogen) atoms. The Morgan fingerprint density at radius 2 is 0.545 bits per heavy atom. The molecule has 0 radical (unpaired) electrons. The van der Waals surface area contributed by atoms with Crippen molar-refractivity contribution in [1.82, 2.24) is 29.9 Å². The fourth-order valence-electron chi connectivity index (χ4n) is 11.7. The van der Waals surface area contributed by atoms with Crippen LogP contribution < -0.4 is 9.80 Å². The van der Waals surface area contributed by atoms with Crippen LogP contribution in [-0.2, 0) is 10.8 Å². The molecule has 14 rings (SSSR count). The average molecular weight is 1140 g/mol. The Hall–Kier alpha value is -11.0. The topological polar surface area (TPSA) is 83.8 Å². The van der Waals surface area contributed by atoms with Gasteiger partial charge in [0.25, 0.3) is 0 Å². The molecular weight excluding hydrogens is 1070 g/mol. The fourth-order valence-corrected chi connectivity index (χ4v) is 11.7. The van der Waals surface area contributed by atoms with Crippen LogP contribution in [0.15, 0.2) is 279 Å². The highest BCUT2D eigenvalue weighted by molar-refractivity contribution is 6.08. The maximum absolute atomic E-state index is 5.71. The lowest BCUT2D eigenvalue weighted by Crippen LogP contribution is -2.25. The van der Waals surface area contributed by atoms with E-state index in [0.717, 1.165) is 118 Å². The summed E-state index contributed by atoms with van der Waals surface area (Å²) in [7, 11) is 0. The van der Waals surface area contributed by atoms with E-state index in [-0.39, 0.29) is 10.8 Å². The van der Waals surface area contributed by atoms with Crippen LogP contribution in [0.1, 0.15) is 52.7 Å². The largest absolute Gasteiger partial charge is 0.305 e. The molecule has 8 heteroatoms. The molecule has 13 aromatic rings. The van der Waals surface area contributed by atoms with Crippen molar-refractivity contribution < 1.29 is 0 Å². The van der Waals surface area contributed by atoms with Gasteiger partial charge in [0.15, 0.2) is 17.5 Å². The van der Waals surface area contributed by atoms with Crippen LogP contribution in [0.4, 0.5) is 34.3 Å². The first-order valence-electron chi connectivity index (χ1n) is 30.0. The molecule has 1 aliphatic rings. The van der Waals surface area contributed by atoms with Crippen molar-refractivity contribution in [3.8, 4) is 102 Å². The lowest BCUT2D eigenvalue weighted by atomic mass is 9.78. The van der Waals surface area contributed by atoms with E-state index in [0.29, 0.717) is 17.5 Å². The molecule has 0 spiro atoms. The van der Waals surface area contributed by atoms with E-state index >= 15 is 0 Å². The minimum absolute atomic E-state index is 0.213. The summed E-state index contributed by atoms with van der Waals surface area (Å²) >= 11 is 0. The lowest BCUT2D eigenvalue weighted by Gasteiger charge is -2.41. The molecule has 0 N–H and O–H groups in total. The summed E-state index contributed by atoms with van der Waals surface area (Å²) in [5.41, 5.74) is 20.1. The number of fused-ring (bicyclic) bond motifs is 2. The Bertz CT molecular complexity index is 4420. The number of rotatable bonds is 11. The summed E-state index contributed by atoms with van der Waals surface area (Å²) in [6.45, 7) is 13.8. The van der Waals surface area contributed by atoms with Gasteiger partial charge in [-0.3, -0.25) is 4.90 Å². The van der Waals surface area contributed by atoms with Gasteiger partial charge in [-0.05, 0) is 76.1 Å². The third-order valence-electron chi connectivity index (χ3n) is 16.3. The van der Waals surface area contributed by atoms with Crippen molar-refractivity contribution in [3.05, 3.63) is 290 Å². The number of anilines is 6. The maximum Gasteiger partial charge on any atom is 0.162 e. The van der Waals surface area contributed by atoms with Crippen LogP contribution >= 0.6 is 0 Å². The average Bonchev–Trinajstić information content (AvgIpc) is 0.900. The summed E-state index contributed by atoms with van der Waals surface area (Å²) in [5, 5.41) is 0. The van der Waals surface area contributed by atoms with Gasteiger partial charge in [0, 0.05) is 56.1 Å². The van der Waals surface area contributed by atoms with E-state index < -0.39 is 0 Å². The second-order valence-electron chi connectivity index (χ2n) is 24.4. The van der Waals surface area contributed by atoms with Crippen molar-refractivity contribution in [2.75, 3.05) is 9.80 Å². The van der Waals surface area contributed by atoms with E-state index in [2.05, 4.69) is 270 Å². The number of hydrogen-bond acceptors (Lipinski definition) is 8. The number of para-hydroxylation sites is 4. The van der Waals surface area contributed by atoms with Crippen LogP contribution in [0, 0.1) is 0 Å². The molecule has 424 valence electrons. The molecule has 0 fully saturated rings. The van der Waals surface area contributed by atoms with Gasteiger partial charge in [0.2, 0.25) is 0 Å². The van der Waals surface area contributed by atoms with Crippen molar-refractivity contribution in [1.29, 1.82) is 0 Å². The van der Waals surface area contributed by atoms with Crippen LogP contribution in [0.25, 0.3) is 102 Å². The molecule has 1 aliphatic heterocycles. The second kappa shape index (κ2) is 22.8. The Labute approximate surface area is 515 Å². The second-order valence-corrected chi connectivity index (χ2v) is 24.4. The van der Waals surface area contributed by atoms with Crippen molar-refractivity contribution in [3.63, 3.8) is 0 Å². The summed E-state index contributed by atoms with van der Waals surface area (Å²) in [5.74, 6) is 2.54. The van der Waals surface area contributed by atoms with Crippen LogP contribution in [0.2, 0.25) is 0 Å². The Kier molecular flexibility index (Phi) is 14.2. The predicted molar refractivity (Wildman–Crippen MR) is 362 cm³/mol. The zero-order valence-corrected chi connectivity index (χ0v) is 50.1. The van der Waals surface area contributed by atoms with Gasteiger partial charge in [-0.2, -0.15) is 0 Å². The minimum Gasteiger partial charge on any atom is -0.305 e. The highest BCUT2D eigenvalue weighted by atomic mass is 15.3. The van der Waals surface area contributed by atoms with Gasteiger partial charge in [0.05, 0.1) is 56.9 Å². The van der Waals surface area contributed by atoms with E-state index in [1.54, 1.807) is 0 Å². The Balaban J connectivity index is 1.12. The van der Waals surface area contributed by atoms with Crippen molar-refractivity contribution >= 4 is 34.3 Å². The highest BCUT2D eigenvalue weighted by Crippen LogP contribution is 2.58. The van der Waals surface area contributed by atoms with Gasteiger partial charge >= 0.3 is 0 Å². The molecule has 0 aliphatic carbocycles. The van der Waals surface area contributed by atoms with Gasteiger partial charge < -0.3 is 4.90 Å². The molecule has 3 aromatic heterocycles. The molecule has 0 unspecified atom stereocenters. The van der Waals surface area contributed by atoms with Gasteiger partial charge in [-0.1, -0.05) is 266 Å². The maximum atomic E-state index is 5.71. The van der Waals surface area contributed by atoms with Crippen LogP contribution in [0.5, 0.6) is 0 Å². The standard InChI is InChI=1S/C80H64N8/c1-79(2,3)61-45-59(46-62(49-61)80(4,5)6)63-47-60(78-82-65(53-29-13-7-14-30-53)50-66(83-78)54-31-15-8-16-32-54)48-64(69-51-67(55-33-17-9-18-34-55)81-76(85-69)57-37-21-11-22-38-57)75(63)88-72-43-27-25-41-70(72)87(71-42-26-28-44-73(71)88)74-52-68(56-35-19-10-20-36-56)84-77(86-74)58-39-23-12-24-40-58/h7-52H,1-6H3. The summed E-state index contributed by atoms with van der Waals surface area (Å²) < 4.78 is 0. The normalized spacial score (nSPS) is 12.2.